The van der Waals surface area contributed by atoms with Crippen molar-refractivity contribution in [1.82, 2.24) is 10.1 Å². The molecule has 0 saturated carbocycles. The zero-order valence-corrected chi connectivity index (χ0v) is 16.3. The van der Waals surface area contributed by atoms with Crippen LogP contribution in [-0.4, -0.2) is 28.3 Å². The van der Waals surface area contributed by atoms with E-state index in [-0.39, 0.29) is 29.7 Å². The van der Waals surface area contributed by atoms with Gasteiger partial charge in [-0.15, -0.1) is 0 Å². The van der Waals surface area contributed by atoms with Crippen LogP contribution in [0.2, 0.25) is 0 Å². The first-order valence-corrected chi connectivity index (χ1v) is 9.22. The molecule has 3 aromatic carbocycles. The van der Waals surface area contributed by atoms with Crippen LogP contribution in [0, 0.1) is 11.6 Å². The molecule has 4 rings (SSSR count). The number of hydrogen-bond acceptors (Lipinski definition) is 5. The van der Waals surface area contributed by atoms with E-state index in [4.69, 9.17) is 14.4 Å². The number of carboxylic acid groups (broad SMARTS) is 1. The van der Waals surface area contributed by atoms with Crippen molar-refractivity contribution in [2.45, 2.75) is 6.61 Å². The molecule has 0 aliphatic rings. The van der Waals surface area contributed by atoms with Crippen molar-refractivity contribution in [1.29, 1.82) is 0 Å². The van der Waals surface area contributed by atoms with Gasteiger partial charge in [-0.3, -0.25) is 0 Å². The van der Waals surface area contributed by atoms with Gasteiger partial charge in [0.15, 0.2) is 0 Å². The summed E-state index contributed by atoms with van der Waals surface area (Å²) in [6, 6.07) is 15.2. The highest BCUT2D eigenvalue weighted by Gasteiger charge is 2.17. The van der Waals surface area contributed by atoms with Crippen LogP contribution < -0.4 is 0 Å². The molecular formula is C23H16F2N2O4. The molecule has 0 radical (unpaired) electrons. The zero-order chi connectivity index (χ0) is 22.0. The maximum Gasteiger partial charge on any atom is 0.338 e. The third kappa shape index (κ3) is 4.06. The quantitative estimate of drug-likeness (QED) is 0.460. The summed E-state index contributed by atoms with van der Waals surface area (Å²) in [5.74, 6) is -2.32. The zero-order valence-electron chi connectivity index (χ0n) is 16.3. The average Bonchev–Trinajstić information content (AvgIpc) is 3.24. The summed E-state index contributed by atoms with van der Waals surface area (Å²) in [6.45, 7) is 0.236. The molecule has 1 N–H and O–H groups in total. The van der Waals surface area contributed by atoms with E-state index in [1.54, 1.807) is 36.4 Å². The summed E-state index contributed by atoms with van der Waals surface area (Å²) in [7, 11) is 1.54. The molecule has 156 valence electrons. The Bertz CT molecular complexity index is 1270. The van der Waals surface area contributed by atoms with Crippen LogP contribution in [0.1, 0.15) is 15.9 Å². The number of carboxylic acids is 1. The van der Waals surface area contributed by atoms with Gasteiger partial charge in [-0.25, -0.2) is 13.6 Å². The second-order valence-electron chi connectivity index (χ2n) is 6.71. The number of halogens is 2. The Morgan fingerprint density at radius 2 is 1.77 bits per heavy atom. The first kappa shape index (κ1) is 20.4. The van der Waals surface area contributed by atoms with Gasteiger partial charge in [0, 0.05) is 23.8 Å². The minimum atomic E-state index is -1.36. The number of aromatic nitrogens is 2. The largest absolute Gasteiger partial charge is 0.478 e. The van der Waals surface area contributed by atoms with Gasteiger partial charge in [0.25, 0.3) is 5.89 Å². The number of ether oxygens (including phenoxy) is 1. The second-order valence-corrected chi connectivity index (χ2v) is 6.71. The summed E-state index contributed by atoms with van der Waals surface area (Å²) >= 11 is 0. The molecule has 0 saturated heterocycles. The van der Waals surface area contributed by atoms with Gasteiger partial charge in [0.2, 0.25) is 5.82 Å². The maximum atomic E-state index is 14.3. The van der Waals surface area contributed by atoms with Crippen LogP contribution in [0.25, 0.3) is 34.0 Å². The Labute approximate surface area is 175 Å². The first-order valence-electron chi connectivity index (χ1n) is 9.22. The van der Waals surface area contributed by atoms with Crippen molar-refractivity contribution in [2.24, 2.45) is 0 Å². The van der Waals surface area contributed by atoms with Crippen molar-refractivity contribution >= 4 is 5.97 Å². The van der Waals surface area contributed by atoms with Gasteiger partial charge >= 0.3 is 5.97 Å². The number of aromatic carboxylic acids is 1. The molecule has 31 heavy (non-hydrogen) atoms. The number of methoxy groups -OCH3 is 1. The number of nitrogens with zero attached hydrogens (tertiary/aromatic N) is 2. The summed E-state index contributed by atoms with van der Waals surface area (Å²) in [5, 5.41) is 12.8. The minimum absolute atomic E-state index is 0.109. The fourth-order valence-corrected chi connectivity index (χ4v) is 3.23. The Morgan fingerprint density at radius 1 is 1.00 bits per heavy atom. The lowest BCUT2D eigenvalue weighted by Gasteiger charge is -2.11. The molecule has 0 fully saturated rings. The molecule has 0 aliphatic heterocycles. The Hall–Kier alpha value is -3.91. The minimum Gasteiger partial charge on any atom is -0.478 e. The van der Waals surface area contributed by atoms with E-state index in [1.807, 2.05) is 0 Å². The van der Waals surface area contributed by atoms with Crippen LogP contribution in [0.5, 0.6) is 0 Å². The molecular weight excluding hydrogens is 406 g/mol. The molecule has 1 heterocycles. The van der Waals surface area contributed by atoms with E-state index < -0.39 is 17.3 Å². The van der Waals surface area contributed by atoms with Gasteiger partial charge < -0.3 is 14.4 Å². The van der Waals surface area contributed by atoms with Crippen molar-refractivity contribution in [3.05, 3.63) is 83.4 Å². The number of rotatable bonds is 6. The second kappa shape index (κ2) is 8.45. The molecule has 0 aliphatic carbocycles. The van der Waals surface area contributed by atoms with E-state index in [0.29, 0.717) is 16.7 Å². The molecule has 8 heteroatoms. The molecule has 4 aromatic rings. The standard InChI is InChI=1S/C23H16F2N2O4/c1-30-12-15-10-14(7-8-16(15)17-4-2-3-5-19(17)24)22-26-21(27-31-22)13-6-9-18(23(28)29)20(25)11-13/h2-11H,12H2,1H3,(H,28,29). The predicted molar refractivity (Wildman–Crippen MR) is 108 cm³/mol. The SMILES string of the molecule is COCc1cc(-c2nc(-c3ccc(C(=O)O)c(F)c3)no2)ccc1-c1ccccc1F. The molecule has 0 atom stereocenters. The molecule has 0 amide bonds. The highest BCUT2D eigenvalue weighted by Crippen LogP contribution is 2.31. The topological polar surface area (TPSA) is 85.5 Å². The maximum absolute atomic E-state index is 14.3. The van der Waals surface area contributed by atoms with Crippen LogP contribution in [0.4, 0.5) is 8.78 Å². The monoisotopic (exact) mass is 422 g/mol. The summed E-state index contributed by atoms with van der Waals surface area (Å²) in [5.41, 5.74) is 2.25. The smallest absolute Gasteiger partial charge is 0.338 e. The fraction of sp³-hybridized carbons (Fsp3) is 0.0870. The molecule has 0 unspecified atom stereocenters. The third-order valence-corrected chi connectivity index (χ3v) is 4.70. The fourth-order valence-electron chi connectivity index (χ4n) is 3.23. The Morgan fingerprint density at radius 3 is 2.48 bits per heavy atom. The van der Waals surface area contributed by atoms with E-state index >= 15 is 0 Å². The van der Waals surface area contributed by atoms with E-state index in [1.165, 1.54) is 19.2 Å². The van der Waals surface area contributed by atoms with Crippen molar-refractivity contribution < 1.29 is 27.9 Å². The van der Waals surface area contributed by atoms with Crippen LogP contribution in [0.15, 0.2) is 65.2 Å². The van der Waals surface area contributed by atoms with Gasteiger partial charge in [-0.2, -0.15) is 4.98 Å². The van der Waals surface area contributed by atoms with Crippen LogP contribution in [-0.2, 0) is 11.3 Å². The molecule has 0 bridgehead atoms. The van der Waals surface area contributed by atoms with Crippen LogP contribution >= 0.6 is 0 Å². The van der Waals surface area contributed by atoms with Crippen molar-refractivity contribution in [3.8, 4) is 34.0 Å². The predicted octanol–water partition coefficient (Wildman–Crippen LogP) is 5.19. The molecule has 1 aromatic heterocycles. The normalized spacial score (nSPS) is 10.9. The number of hydrogen-bond donors (Lipinski definition) is 1. The van der Waals surface area contributed by atoms with Crippen molar-refractivity contribution in [3.63, 3.8) is 0 Å². The Kier molecular flexibility index (Phi) is 5.55. The average molecular weight is 422 g/mol. The van der Waals surface area contributed by atoms with Crippen molar-refractivity contribution in [2.75, 3.05) is 7.11 Å². The lowest BCUT2D eigenvalue weighted by atomic mass is 9.97. The van der Waals surface area contributed by atoms with Gasteiger partial charge in [-0.1, -0.05) is 29.4 Å². The van der Waals surface area contributed by atoms with E-state index in [2.05, 4.69) is 10.1 Å². The molecule has 6 nitrogen and oxygen atoms in total. The van der Waals surface area contributed by atoms with Crippen LogP contribution in [0.3, 0.4) is 0 Å². The number of benzene rings is 3. The summed E-state index contributed by atoms with van der Waals surface area (Å²) < 4.78 is 38.8. The highest BCUT2D eigenvalue weighted by atomic mass is 19.1. The van der Waals surface area contributed by atoms with Gasteiger partial charge in [-0.05, 0) is 47.5 Å². The van der Waals surface area contributed by atoms with Gasteiger partial charge in [0.1, 0.15) is 11.6 Å². The first-order chi connectivity index (χ1) is 15.0. The number of carbonyl (C=O) groups is 1. The van der Waals surface area contributed by atoms with Gasteiger partial charge in [0.05, 0.1) is 12.2 Å². The van der Waals surface area contributed by atoms with E-state index in [9.17, 15) is 13.6 Å². The lowest BCUT2D eigenvalue weighted by molar-refractivity contribution is 0.0692. The highest BCUT2D eigenvalue weighted by molar-refractivity contribution is 5.88. The summed E-state index contributed by atoms with van der Waals surface area (Å²) in [6.07, 6.45) is 0. The third-order valence-electron chi connectivity index (χ3n) is 4.70. The molecule has 0 spiro atoms. The summed E-state index contributed by atoms with van der Waals surface area (Å²) in [4.78, 5) is 15.3. The van der Waals surface area contributed by atoms with E-state index in [0.717, 1.165) is 17.7 Å². The lowest BCUT2D eigenvalue weighted by Crippen LogP contribution is -2.00. The Balaban J connectivity index is 1.70.